The Morgan fingerprint density at radius 2 is 2.14 bits per heavy atom. The number of ether oxygens (including phenoxy) is 1. The second kappa shape index (κ2) is 5.29. The Balaban J connectivity index is 1.94. The summed E-state index contributed by atoms with van der Waals surface area (Å²) >= 11 is 0. The Morgan fingerprint density at radius 1 is 1.32 bits per heavy atom. The first-order valence-electron chi connectivity index (χ1n) is 7.18. The lowest BCUT2D eigenvalue weighted by Crippen LogP contribution is -2.37. The molecular weight excluding hydrogens is 280 g/mol. The molecule has 22 heavy (non-hydrogen) atoms. The fourth-order valence-electron chi connectivity index (χ4n) is 2.27. The van der Waals surface area contributed by atoms with E-state index < -0.39 is 5.54 Å². The number of nitrogens with zero attached hydrogens (tertiary/aromatic N) is 4. The van der Waals surface area contributed by atoms with E-state index in [0.29, 0.717) is 6.61 Å². The zero-order valence-electron chi connectivity index (χ0n) is 12.9. The van der Waals surface area contributed by atoms with Crippen molar-refractivity contribution in [3.63, 3.8) is 0 Å². The van der Waals surface area contributed by atoms with Gasteiger partial charge in [-0.15, -0.1) is 0 Å². The Kier molecular flexibility index (Phi) is 3.44. The molecule has 0 saturated heterocycles. The third-order valence-corrected chi connectivity index (χ3v) is 3.66. The van der Waals surface area contributed by atoms with E-state index >= 15 is 0 Å². The molecule has 0 amide bonds. The Morgan fingerprint density at radius 3 is 2.91 bits per heavy atom. The molecular formula is C16H18N4O2. The first kappa shape index (κ1) is 14.3. The highest BCUT2D eigenvalue weighted by molar-refractivity contribution is 5.78. The summed E-state index contributed by atoms with van der Waals surface area (Å²) in [4.78, 5) is 16.3. The molecule has 6 heteroatoms. The number of fused-ring (bicyclic) bond motifs is 1. The number of carbonyl (C=O) groups is 1. The van der Waals surface area contributed by atoms with Gasteiger partial charge in [0.05, 0.1) is 12.8 Å². The maximum absolute atomic E-state index is 12.1. The van der Waals surface area contributed by atoms with Gasteiger partial charge in [-0.2, -0.15) is 5.10 Å². The van der Waals surface area contributed by atoms with Gasteiger partial charge in [-0.3, -0.25) is 4.68 Å². The Labute approximate surface area is 128 Å². The van der Waals surface area contributed by atoms with Gasteiger partial charge in [0.1, 0.15) is 5.65 Å². The largest absolute Gasteiger partial charge is 0.464 e. The second-order valence-electron chi connectivity index (χ2n) is 5.56. The molecule has 3 rings (SSSR count). The van der Waals surface area contributed by atoms with Crippen molar-refractivity contribution >= 4 is 11.6 Å². The van der Waals surface area contributed by atoms with Crippen molar-refractivity contribution < 1.29 is 9.53 Å². The van der Waals surface area contributed by atoms with Gasteiger partial charge in [-0.25, -0.2) is 9.78 Å². The van der Waals surface area contributed by atoms with Crippen LogP contribution in [0.4, 0.5) is 0 Å². The standard InChI is InChI=1S/C16H18N4O2/c1-4-22-15(21)16(2,3)20-11-13(10-18-20)12-5-7-19-8-6-17-14(19)9-12/h5-11H,4H2,1-3H3. The monoisotopic (exact) mass is 298 g/mol. The molecule has 0 aliphatic heterocycles. The third kappa shape index (κ3) is 2.36. The number of rotatable bonds is 4. The van der Waals surface area contributed by atoms with Gasteiger partial charge in [-0.05, 0) is 38.5 Å². The van der Waals surface area contributed by atoms with Gasteiger partial charge in [0.25, 0.3) is 0 Å². The van der Waals surface area contributed by atoms with Crippen LogP contribution in [0.25, 0.3) is 16.8 Å². The summed E-state index contributed by atoms with van der Waals surface area (Å²) in [5.74, 6) is -0.298. The van der Waals surface area contributed by atoms with Gasteiger partial charge in [0.15, 0.2) is 5.54 Å². The van der Waals surface area contributed by atoms with Gasteiger partial charge in [0.2, 0.25) is 0 Å². The summed E-state index contributed by atoms with van der Waals surface area (Å²) in [6, 6.07) is 3.98. The van der Waals surface area contributed by atoms with Crippen molar-refractivity contribution in [3.05, 3.63) is 43.1 Å². The van der Waals surface area contributed by atoms with Crippen LogP contribution in [0.5, 0.6) is 0 Å². The molecule has 0 spiro atoms. The summed E-state index contributed by atoms with van der Waals surface area (Å²) in [6.07, 6.45) is 9.20. The molecule has 0 aliphatic carbocycles. The number of aromatic nitrogens is 4. The van der Waals surface area contributed by atoms with Crippen LogP contribution in [0.15, 0.2) is 43.1 Å². The number of pyridine rings is 1. The molecule has 0 N–H and O–H groups in total. The average molecular weight is 298 g/mol. The lowest BCUT2D eigenvalue weighted by molar-refractivity contribution is -0.152. The van der Waals surface area contributed by atoms with Crippen LogP contribution in [0.1, 0.15) is 20.8 Å². The van der Waals surface area contributed by atoms with Crippen molar-refractivity contribution in [2.24, 2.45) is 0 Å². The highest BCUT2D eigenvalue weighted by Gasteiger charge is 2.32. The molecule has 0 aliphatic rings. The van der Waals surface area contributed by atoms with Crippen molar-refractivity contribution in [3.8, 4) is 11.1 Å². The molecule has 0 aromatic carbocycles. The van der Waals surface area contributed by atoms with E-state index in [2.05, 4.69) is 10.1 Å². The molecule has 3 aromatic heterocycles. The summed E-state index contributed by atoms with van der Waals surface area (Å²) in [5.41, 5.74) is 1.97. The molecule has 0 radical (unpaired) electrons. The van der Waals surface area contributed by atoms with Crippen LogP contribution in [-0.4, -0.2) is 31.7 Å². The van der Waals surface area contributed by atoms with Crippen molar-refractivity contribution in [1.29, 1.82) is 0 Å². The number of esters is 1. The first-order valence-corrected chi connectivity index (χ1v) is 7.18. The number of imidazole rings is 1. The summed E-state index contributed by atoms with van der Waals surface area (Å²) < 4.78 is 8.69. The van der Waals surface area contributed by atoms with Crippen molar-refractivity contribution in [1.82, 2.24) is 19.2 Å². The lowest BCUT2D eigenvalue weighted by Gasteiger charge is -2.22. The normalized spacial score (nSPS) is 11.8. The molecule has 3 heterocycles. The summed E-state index contributed by atoms with van der Waals surface area (Å²) in [7, 11) is 0. The van der Waals surface area contributed by atoms with E-state index in [1.807, 2.05) is 35.1 Å². The molecule has 0 saturated carbocycles. The van der Waals surface area contributed by atoms with Crippen LogP contribution in [0.3, 0.4) is 0 Å². The topological polar surface area (TPSA) is 61.4 Å². The minimum absolute atomic E-state index is 0.298. The van der Waals surface area contributed by atoms with Crippen LogP contribution in [0.2, 0.25) is 0 Å². The molecule has 6 nitrogen and oxygen atoms in total. The van der Waals surface area contributed by atoms with Crippen molar-refractivity contribution in [2.75, 3.05) is 6.61 Å². The molecule has 3 aromatic rings. The van der Waals surface area contributed by atoms with E-state index in [4.69, 9.17) is 4.74 Å². The van der Waals surface area contributed by atoms with Gasteiger partial charge in [-0.1, -0.05) is 0 Å². The molecule has 0 unspecified atom stereocenters. The van der Waals surface area contributed by atoms with Crippen LogP contribution in [0, 0.1) is 0 Å². The molecule has 0 bridgehead atoms. The number of hydrogen-bond acceptors (Lipinski definition) is 4. The minimum atomic E-state index is -0.842. The van der Waals surface area contributed by atoms with E-state index in [9.17, 15) is 4.79 Å². The van der Waals surface area contributed by atoms with Crippen LogP contribution >= 0.6 is 0 Å². The zero-order valence-corrected chi connectivity index (χ0v) is 12.9. The first-order chi connectivity index (χ1) is 10.5. The number of carbonyl (C=O) groups excluding carboxylic acids is 1. The van der Waals surface area contributed by atoms with E-state index in [0.717, 1.165) is 16.8 Å². The quantitative estimate of drug-likeness (QED) is 0.694. The Hall–Kier alpha value is -2.63. The highest BCUT2D eigenvalue weighted by Crippen LogP contribution is 2.24. The number of hydrogen-bond donors (Lipinski definition) is 0. The Bertz CT molecular complexity index is 816. The highest BCUT2D eigenvalue weighted by atomic mass is 16.5. The average Bonchev–Trinajstić information content (AvgIpc) is 3.16. The van der Waals surface area contributed by atoms with E-state index in [1.165, 1.54) is 0 Å². The molecule has 0 fully saturated rings. The SMILES string of the molecule is CCOC(=O)C(C)(C)n1cc(-c2ccn3ccnc3c2)cn1. The van der Waals surface area contributed by atoms with Gasteiger partial charge < -0.3 is 9.14 Å². The van der Waals surface area contributed by atoms with Crippen LogP contribution in [-0.2, 0) is 15.1 Å². The smallest absolute Gasteiger partial charge is 0.333 e. The van der Waals surface area contributed by atoms with Gasteiger partial charge >= 0.3 is 5.97 Å². The third-order valence-electron chi connectivity index (χ3n) is 3.66. The molecule has 114 valence electrons. The summed E-state index contributed by atoms with van der Waals surface area (Å²) in [5, 5.41) is 4.32. The predicted molar refractivity (Wildman–Crippen MR) is 82.4 cm³/mol. The zero-order chi connectivity index (χ0) is 15.7. The van der Waals surface area contributed by atoms with Crippen molar-refractivity contribution in [2.45, 2.75) is 26.3 Å². The maximum atomic E-state index is 12.1. The minimum Gasteiger partial charge on any atom is -0.464 e. The van der Waals surface area contributed by atoms with E-state index in [-0.39, 0.29) is 5.97 Å². The molecule has 0 atom stereocenters. The van der Waals surface area contributed by atoms with E-state index in [1.54, 1.807) is 37.8 Å². The predicted octanol–water partition coefficient (Wildman–Crippen LogP) is 2.50. The van der Waals surface area contributed by atoms with Crippen LogP contribution < -0.4 is 0 Å². The fraction of sp³-hybridized carbons (Fsp3) is 0.312. The second-order valence-corrected chi connectivity index (χ2v) is 5.56. The lowest BCUT2D eigenvalue weighted by atomic mass is 10.1. The fourth-order valence-corrected chi connectivity index (χ4v) is 2.27. The van der Waals surface area contributed by atoms with Gasteiger partial charge in [0, 0.05) is 30.4 Å². The summed E-state index contributed by atoms with van der Waals surface area (Å²) in [6.45, 7) is 5.73. The maximum Gasteiger partial charge on any atom is 0.333 e.